The van der Waals surface area contributed by atoms with Crippen molar-refractivity contribution in [1.82, 2.24) is 10.2 Å². The topological polar surface area (TPSA) is 44.4 Å². The lowest BCUT2D eigenvalue weighted by molar-refractivity contribution is -0.115. The zero-order valence-electron chi connectivity index (χ0n) is 12.5. The van der Waals surface area contributed by atoms with Gasteiger partial charge in [-0.2, -0.15) is 0 Å². The van der Waals surface area contributed by atoms with E-state index >= 15 is 0 Å². The highest BCUT2D eigenvalue weighted by Gasteiger charge is 2.28. The number of benzene rings is 1. The summed E-state index contributed by atoms with van der Waals surface area (Å²) in [6.07, 6.45) is 2.38. The van der Waals surface area contributed by atoms with Crippen LogP contribution in [0.25, 0.3) is 0 Å². The van der Waals surface area contributed by atoms with Crippen molar-refractivity contribution in [2.24, 2.45) is 5.41 Å². The number of hydrogen-bond acceptors (Lipinski definition) is 3. The van der Waals surface area contributed by atoms with Gasteiger partial charge in [-0.15, -0.1) is 0 Å². The van der Waals surface area contributed by atoms with Crippen molar-refractivity contribution in [3.8, 4) is 0 Å². The highest BCUT2D eigenvalue weighted by molar-refractivity contribution is 5.92. The van der Waals surface area contributed by atoms with E-state index in [2.05, 4.69) is 29.5 Å². The molecule has 0 aromatic heterocycles. The highest BCUT2D eigenvalue weighted by atomic mass is 16.1. The number of anilines is 1. The van der Waals surface area contributed by atoms with E-state index < -0.39 is 0 Å². The molecular weight excluding hydrogens is 250 g/mol. The van der Waals surface area contributed by atoms with Crippen molar-refractivity contribution in [3.05, 3.63) is 30.3 Å². The molecule has 0 saturated carbocycles. The monoisotopic (exact) mass is 275 g/mol. The van der Waals surface area contributed by atoms with Gasteiger partial charge in [0.05, 0.1) is 6.54 Å². The molecule has 1 aromatic rings. The molecule has 0 spiro atoms. The molecule has 1 saturated heterocycles. The molecule has 0 aliphatic carbocycles. The maximum atomic E-state index is 11.8. The van der Waals surface area contributed by atoms with E-state index in [1.165, 1.54) is 12.8 Å². The van der Waals surface area contributed by atoms with Gasteiger partial charge >= 0.3 is 0 Å². The van der Waals surface area contributed by atoms with Gasteiger partial charge in [-0.05, 0) is 50.5 Å². The predicted octanol–water partition coefficient (Wildman–Crippen LogP) is 1.95. The summed E-state index contributed by atoms with van der Waals surface area (Å²) in [5, 5.41) is 6.19. The third kappa shape index (κ3) is 4.62. The van der Waals surface area contributed by atoms with Gasteiger partial charge in [-0.1, -0.05) is 25.1 Å². The molecule has 2 rings (SSSR count). The minimum absolute atomic E-state index is 0.0210. The zero-order chi connectivity index (χ0) is 14.4. The summed E-state index contributed by atoms with van der Waals surface area (Å²) in [6.45, 7) is 5.88. The van der Waals surface area contributed by atoms with E-state index in [0.29, 0.717) is 12.0 Å². The predicted molar refractivity (Wildman–Crippen MR) is 82.8 cm³/mol. The number of likely N-dealkylation sites (tertiary alicyclic amines) is 1. The van der Waals surface area contributed by atoms with Gasteiger partial charge in [0.25, 0.3) is 0 Å². The molecule has 0 unspecified atom stereocenters. The molecule has 0 atom stereocenters. The number of para-hydroxylation sites is 1. The Balaban J connectivity index is 1.69. The van der Waals surface area contributed by atoms with E-state index in [-0.39, 0.29) is 5.91 Å². The van der Waals surface area contributed by atoms with Crippen LogP contribution < -0.4 is 10.6 Å². The van der Waals surface area contributed by atoms with Gasteiger partial charge in [0.1, 0.15) is 0 Å². The fourth-order valence-corrected chi connectivity index (χ4v) is 2.54. The van der Waals surface area contributed by atoms with Gasteiger partial charge < -0.3 is 15.5 Å². The smallest absolute Gasteiger partial charge is 0.238 e. The Hall–Kier alpha value is -1.39. The van der Waals surface area contributed by atoms with Crippen LogP contribution in [0.5, 0.6) is 0 Å². The minimum atomic E-state index is 0.0210. The lowest BCUT2D eigenvalue weighted by atomic mass is 9.80. The lowest BCUT2D eigenvalue weighted by Gasteiger charge is -2.38. The second kappa shape index (κ2) is 6.86. The first-order chi connectivity index (χ1) is 9.57. The van der Waals surface area contributed by atoms with E-state index in [4.69, 9.17) is 0 Å². The largest absolute Gasteiger partial charge is 0.325 e. The SMILES string of the molecule is CN1CCC(C)(CNCC(=O)Nc2ccccc2)CC1. The van der Waals surface area contributed by atoms with E-state index in [1.54, 1.807) is 0 Å². The summed E-state index contributed by atoms with van der Waals surface area (Å²) in [4.78, 5) is 14.2. The van der Waals surface area contributed by atoms with Crippen LogP contribution >= 0.6 is 0 Å². The molecule has 20 heavy (non-hydrogen) atoms. The van der Waals surface area contributed by atoms with Crippen LogP contribution in [0.15, 0.2) is 30.3 Å². The van der Waals surface area contributed by atoms with Crippen molar-refractivity contribution in [2.45, 2.75) is 19.8 Å². The van der Waals surface area contributed by atoms with Crippen LogP contribution in [-0.4, -0.2) is 44.0 Å². The van der Waals surface area contributed by atoms with Gasteiger partial charge in [0, 0.05) is 12.2 Å². The molecule has 110 valence electrons. The third-order valence-corrected chi connectivity index (χ3v) is 4.09. The summed E-state index contributed by atoms with van der Waals surface area (Å²) < 4.78 is 0. The summed E-state index contributed by atoms with van der Waals surface area (Å²) in [7, 11) is 2.17. The van der Waals surface area contributed by atoms with Crippen molar-refractivity contribution >= 4 is 11.6 Å². The maximum Gasteiger partial charge on any atom is 0.238 e. The highest BCUT2D eigenvalue weighted by Crippen LogP contribution is 2.29. The van der Waals surface area contributed by atoms with Gasteiger partial charge in [0.2, 0.25) is 5.91 Å². The maximum absolute atomic E-state index is 11.8. The van der Waals surface area contributed by atoms with Crippen molar-refractivity contribution in [3.63, 3.8) is 0 Å². The third-order valence-electron chi connectivity index (χ3n) is 4.09. The fraction of sp³-hybridized carbons (Fsp3) is 0.562. The number of nitrogens with one attached hydrogen (secondary N) is 2. The van der Waals surface area contributed by atoms with Crippen LogP contribution in [0.3, 0.4) is 0 Å². The number of nitrogens with zero attached hydrogens (tertiary/aromatic N) is 1. The van der Waals surface area contributed by atoms with Crippen molar-refractivity contribution in [2.75, 3.05) is 38.5 Å². The van der Waals surface area contributed by atoms with E-state index in [0.717, 1.165) is 25.3 Å². The summed E-state index contributed by atoms with van der Waals surface area (Å²) in [6, 6.07) is 9.58. The molecule has 1 aliphatic heterocycles. The lowest BCUT2D eigenvalue weighted by Crippen LogP contribution is -2.43. The fourth-order valence-electron chi connectivity index (χ4n) is 2.54. The Morgan fingerprint density at radius 2 is 1.90 bits per heavy atom. The average Bonchev–Trinajstić information content (AvgIpc) is 2.44. The number of carbonyl (C=O) groups is 1. The van der Waals surface area contributed by atoms with Crippen molar-refractivity contribution < 1.29 is 4.79 Å². The number of rotatable bonds is 5. The number of hydrogen-bond donors (Lipinski definition) is 2. The Bertz CT molecular complexity index is 425. The standard InChI is InChI=1S/C16H25N3O/c1-16(8-10-19(2)11-9-16)13-17-12-15(20)18-14-6-4-3-5-7-14/h3-7,17H,8-13H2,1-2H3,(H,18,20). The van der Waals surface area contributed by atoms with E-state index in [9.17, 15) is 4.79 Å². The first kappa shape index (κ1) is 15.0. The molecule has 1 aromatic carbocycles. The van der Waals surface area contributed by atoms with E-state index in [1.807, 2.05) is 30.3 Å². The second-order valence-electron chi connectivity index (χ2n) is 6.13. The van der Waals surface area contributed by atoms with Crippen molar-refractivity contribution in [1.29, 1.82) is 0 Å². The van der Waals surface area contributed by atoms with Crippen LogP contribution in [0, 0.1) is 5.41 Å². The molecule has 4 nitrogen and oxygen atoms in total. The van der Waals surface area contributed by atoms with Gasteiger partial charge in [-0.25, -0.2) is 0 Å². The second-order valence-corrected chi connectivity index (χ2v) is 6.13. The van der Waals surface area contributed by atoms with Crippen LogP contribution in [0.1, 0.15) is 19.8 Å². The molecule has 1 fully saturated rings. The van der Waals surface area contributed by atoms with Gasteiger partial charge in [-0.3, -0.25) is 4.79 Å². The number of amides is 1. The normalized spacial score (nSPS) is 18.7. The molecular formula is C16H25N3O. The molecule has 1 amide bonds. The Morgan fingerprint density at radius 1 is 1.25 bits per heavy atom. The Morgan fingerprint density at radius 3 is 2.55 bits per heavy atom. The number of carbonyl (C=O) groups excluding carboxylic acids is 1. The van der Waals surface area contributed by atoms with Crippen LogP contribution in [0.2, 0.25) is 0 Å². The molecule has 1 heterocycles. The summed E-state index contributed by atoms with van der Waals surface area (Å²) >= 11 is 0. The first-order valence-corrected chi connectivity index (χ1v) is 7.32. The Labute approximate surface area is 121 Å². The molecule has 0 radical (unpaired) electrons. The molecule has 2 N–H and O–H groups in total. The van der Waals surface area contributed by atoms with Gasteiger partial charge in [0.15, 0.2) is 0 Å². The van der Waals surface area contributed by atoms with Crippen LogP contribution in [-0.2, 0) is 4.79 Å². The molecule has 0 bridgehead atoms. The minimum Gasteiger partial charge on any atom is -0.325 e. The quantitative estimate of drug-likeness (QED) is 0.863. The summed E-state index contributed by atoms with van der Waals surface area (Å²) in [5.41, 5.74) is 1.17. The molecule has 4 heteroatoms. The average molecular weight is 275 g/mol. The first-order valence-electron chi connectivity index (χ1n) is 7.32. The number of piperidine rings is 1. The Kier molecular flexibility index (Phi) is 5.15. The molecule has 1 aliphatic rings. The zero-order valence-corrected chi connectivity index (χ0v) is 12.5. The summed E-state index contributed by atoms with van der Waals surface area (Å²) in [5.74, 6) is 0.0210. The van der Waals surface area contributed by atoms with Crippen LogP contribution in [0.4, 0.5) is 5.69 Å².